The van der Waals surface area contributed by atoms with Gasteiger partial charge >= 0.3 is 0 Å². The van der Waals surface area contributed by atoms with Crippen LogP contribution in [0.5, 0.6) is 0 Å². The minimum absolute atomic E-state index is 0.171. The molecule has 0 heterocycles. The van der Waals surface area contributed by atoms with Gasteiger partial charge in [-0.25, -0.2) is 17.6 Å². The topological polar surface area (TPSA) is 26.0 Å². The lowest BCUT2D eigenvalue weighted by Gasteiger charge is -2.11. The largest absolute Gasteiger partial charge is 0.324 e. The second kappa shape index (κ2) is 4.41. The summed E-state index contributed by atoms with van der Waals surface area (Å²) in [4.78, 5) is 0. The summed E-state index contributed by atoms with van der Waals surface area (Å²) in [5.41, 5.74) is 5.52. The molecule has 0 saturated heterocycles. The molecular weight excluding hydrogens is 198 g/mol. The van der Waals surface area contributed by atoms with Crippen molar-refractivity contribution in [1.29, 1.82) is 0 Å². The van der Waals surface area contributed by atoms with Gasteiger partial charge in [0, 0.05) is 12.5 Å². The van der Waals surface area contributed by atoms with E-state index >= 15 is 0 Å². The number of rotatable bonds is 3. The Morgan fingerprint density at radius 1 is 1.14 bits per heavy atom. The summed E-state index contributed by atoms with van der Waals surface area (Å²) in [7, 11) is 0. The predicted molar refractivity (Wildman–Crippen MR) is 43.9 cm³/mol. The Hall–Kier alpha value is -1.10. The quantitative estimate of drug-likeness (QED) is 0.757. The maximum atomic E-state index is 12.7. The van der Waals surface area contributed by atoms with E-state index in [9.17, 15) is 17.6 Å². The standard InChI is InChI=1S/C9H9F4N/c10-6-2-1-5(3-7(6)11)8(14)4-9(12)13/h1-3,8-9H,4,14H2/t8-/m1/s1. The molecule has 0 spiro atoms. The average molecular weight is 207 g/mol. The van der Waals surface area contributed by atoms with Crippen LogP contribution in [-0.2, 0) is 0 Å². The van der Waals surface area contributed by atoms with Gasteiger partial charge in [0.2, 0.25) is 6.43 Å². The molecule has 0 fully saturated rings. The SMILES string of the molecule is N[C@H](CC(F)F)c1ccc(F)c(F)c1. The van der Waals surface area contributed by atoms with Crippen molar-refractivity contribution < 1.29 is 17.6 Å². The van der Waals surface area contributed by atoms with E-state index in [0.717, 1.165) is 12.1 Å². The highest BCUT2D eigenvalue weighted by Crippen LogP contribution is 2.19. The van der Waals surface area contributed by atoms with Crippen molar-refractivity contribution in [1.82, 2.24) is 0 Å². The van der Waals surface area contributed by atoms with E-state index in [-0.39, 0.29) is 5.56 Å². The summed E-state index contributed by atoms with van der Waals surface area (Å²) in [6, 6.07) is 1.94. The van der Waals surface area contributed by atoms with E-state index in [4.69, 9.17) is 5.73 Å². The number of hydrogen-bond donors (Lipinski definition) is 1. The fourth-order valence-electron chi connectivity index (χ4n) is 1.07. The average Bonchev–Trinajstić information content (AvgIpc) is 2.08. The molecule has 0 aliphatic rings. The molecule has 1 nitrogen and oxygen atoms in total. The molecule has 78 valence electrons. The summed E-state index contributed by atoms with van der Waals surface area (Å²) in [6.45, 7) is 0. The van der Waals surface area contributed by atoms with E-state index in [1.54, 1.807) is 0 Å². The Labute approximate surface area is 78.5 Å². The van der Waals surface area contributed by atoms with Crippen molar-refractivity contribution in [3.05, 3.63) is 35.4 Å². The molecule has 0 saturated carbocycles. The van der Waals surface area contributed by atoms with Crippen LogP contribution < -0.4 is 5.73 Å². The molecule has 0 unspecified atom stereocenters. The molecule has 0 radical (unpaired) electrons. The highest BCUT2D eigenvalue weighted by molar-refractivity contribution is 5.20. The van der Waals surface area contributed by atoms with Gasteiger partial charge in [0.05, 0.1) is 0 Å². The lowest BCUT2D eigenvalue weighted by molar-refractivity contribution is 0.128. The van der Waals surface area contributed by atoms with Crippen molar-refractivity contribution in [3.8, 4) is 0 Å². The van der Waals surface area contributed by atoms with Crippen LogP contribution in [0.1, 0.15) is 18.0 Å². The monoisotopic (exact) mass is 207 g/mol. The zero-order chi connectivity index (χ0) is 10.7. The Bertz CT molecular complexity index is 314. The van der Waals surface area contributed by atoms with E-state index < -0.39 is 30.5 Å². The van der Waals surface area contributed by atoms with Gasteiger partial charge in [-0.3, -0.25) is 0 Å². The third kappa shape index (κ3) is 2.70. The van der Waals surface area contributed by atoms with E-state index in [2.05, 4.69) is 0 Å². The summed E-state index contributed by atoms with van der Waals surface area (Å²) in [6.07, 6.45) is -3.12. The van der Waals surface area contributed by atoms with Crippen LogP contribution in [0.4, 0.5) is 17.6 Å². The summed E-state index contributed by atoms with van der Waals surface area (Å²) >= 11 is 0. The van der Waals surface area contributed by atoms with E-state index in [0.29, 0.717) is 0 Å². The molecule has 1 atom stereocenters. The fourth-order valence-corrected chi connectivity index (χ4v) is 1.07. The molecule has 2 N–H and O–H groups in total. The van der Waals surface area contributed by atoms with Crippen LogP contribution in [-0.4, -0.2) is 6.43 Å². The normalized spacial score (nSPS) is 13.3. The van der Waals surface area contributed by atoms with Gasteiger partial charge in [-0.1, -0.05) is 6.07 Å². The van der Waals surface area contributed by atoms with Crippen LogP contribution in [0.25, 0.3) is 0 Å². The minimum atomic E-state index is -2.56. The third-order valence-electron chi connectivity index (χ3n) is 1.80. The number of hydrogen-bond acceptors (Lipinski definition) is 1. The van der Waals surface area contributed by atoms with Gasteiger partial charge < -0.3 is 5.73 Å². The number of alkyl halides is 2. The lowest BCUT2D eigenvalue weighted by Crippen LogP contribution is -2.14. The molecular formula is C9H9F4N. The summed E-state index contributed by atoms with van der Waals surface area (Å²) < 4.78 is 48.9. The van der Waals surface area contributed by atoms with Crippen LogP contribution in [0.2, 0.25) is 0 Å². The lowest BCUT2D eigenvalue weighted by atomic mass is 10.0. The molecule has 0 bridgehead atoms. The predicted octanol–water partition coefficient (Wildman–Crippen LogP) is 2.62. The first-order chi connectivity index (χ1) is 6.50. The molecule has 14 heavy (non-hydrogen) atoms. The molecule has 0 aromatic heterocycles. The second-order valence-corrected chi connectivity index (χ2v) is 2.91. The van der Waals surface area contributed by atoms with Gasteiger partial charge in [-0.15, -0.1) is 0 Å². The van der Waals surface area contributed by atoms with E-state index in [1.807, 2.05) is 0 Å². The highest BCUT2D eigenvalue weighted by atomic mass is 19.3. The minimum Gasteiger partial charge on any atom is -0.324 e. The molecule has 1 aromatic rings. The van der Waals surface area contributed by atoms with Crippen molar-refractivity contribution in [2.45, 2.75) is 18.9 Å². The van der Waals surface area contributed by atoms with Gasteiger partial charge in [0.1, 0.15) is 0 Å². The van der Waals surface area contributed by atoms with Crippen molar-refractivity contribution in [2.75, 3.05) is 0 Å². The highest BCUT2D eigenvalue weighted by Gasteiger charge is 2.14. The third-order valence-corrected chi connectivity index (χ3v) is 1.80. The smallest absolute Gasteiger partial charge is 0.240 e. The van der Waals surface area contributed by atoms with Gasteiger partial charge in [0.25, 0.3) is 0 Å². The molecule has 0 aliphatic carbocycles. The Morgan fingerprint density at radius 3 is 2.29 bits per heavy atom. The second-order valence-electron chi connectivity index (χ2n) is 2.91. The van der Waals surface area contributed by atoms with Crippen molar-refractivity contribution in [3.63, 3.8) is 0 Å². The molecule has 1 aromatic carbocycles. The molecule has 1 rings (SSSR count). The molecule has 5 heteroatoms. The summed E-state index contributed by atoms with van der Waals surface area (Å²) in [5, 5.41) is 0. The number of benzene rings is 1. The Balaban J connectivity index is 2.80. The first-order valence-electron chi connectivity index (χ1n) is 3.99. The number of nitrogens with two attached hydrogens (primary N) is 1. The van der Waals surface area contributed by atoms with Crippen LogP contribution in [0, 0.1) is 11.6 Å². The molecule has 0 amide bonds. The zero-order valence-corrected chi connectivity index (χ0v) is 7.18. The first-order valence-corrected chi connectivity index (χ1v) is 3.99. The first kappa shape index (κ1) is 11.0. The Kier molecular flexibility index (Phi) is 3.46. The van der Waals surface area contributed by atoms with E-state index in [1.165, 1.54) is 6.07 Å². The fraction of sp³-hybridized carbons (Fsp3) is 0.333. The molecule has 0 aliphatic heterocycles. The van der Waals surface area contributed by atoms with Crippen LogP contribution in [0.15, 0.2) is 18.2 Å². The summed E-state index contributed by atoms with van der Waals surface area (Å²) in [5.74, 6) is -2.09. The van der Waals surface area contributed by atoms with Gasteiger partial charge in [-0.2, -0.15) is 0 Å². The van der Waals surface area contributed by atoms with Crippen LogP contribution >= 0.6 is 0 Å². The van der Waals surface area contributed by atoms with Crippen molar-refractivity contribution >= 4 is 0 Å². The van der Waals surface area contributed by atoms with Crippen molar-refractivity contribution in [2.24, 2.45) is 5.73 Å². The maximum absolute atomic E-state index is 12.7. The van der Waals surface area contributed by atoms with Gasteiger partial charge in [0.15, 0.2) is 11.6 Å². The Morgan fingerprint density at radius 2 is 1.79 bits per heavy atom. The van der Waals surface area contributed by atoms with Crippen LogP contribution in [0.3, 0.4) is 0 Å². The number of halogens is 4. The van der Waals surface area contributed by atoms with Gasteiger partial charge in [-0.05, 0) is 17.7 Å². The zero-order valence-electron chi connectivity index (χ0n) is 7.18. The maximum Gasteiger partial charge on any atom is 0.240 e.